The number of likely N-dealkylation sites (tertiary alicyclic amines) is 1. The lowest BCUT2D eigenvalue weighted by molar-refractivity contribution is 0.0715. The number of sulfonamides is 1. The Bertz CT molecular complexity index is 1540. The van der Waals surface area contributed by atoms with Crippen LogP contribution in [0, 0.1) is 5.82 Å². The molecule has 0 aliphatic carbocycles. The molecule has 3 aromatic rings. The highest BCUT2D eigenvalue weighted by Crippen LogP contribution is 2.32. The molecule has 38 heavy (non-hydrogen) atoms. The molecule has 0 spiro atoms. The summed E-state index contributed by atoms with van der Waals surface area (Å²) in [5, 5.41) is 3.06. The van der Waals surface area contributed by atoms with Crippen molar-refractivity contribution in [2.75, 3.05) is 22.8 Å². The number of nitrogens with zero attached hydrogens (tertiary/aromatic N) is 5. The van der Waals surface area contributed by atoms with Gasteiger partial charge in [0.25, 0.3) is 5.91 Å². The van der Waals surface area contributed by atoms with Gasteiger partial charge in [0.15, 0.2) is 0 Å². The zero-order valence-corrected chi connectivity index (χ0v) is 22.1. The average molecular weight is 558 g/mol. The number of carbonyl (C=O) groups excluding carboxylic acids is 1. The number of nitrogens with one attached hydrogen (secondary N) is 2. The third-order valence-corrected chi connectivity index (χ3v) is 7.34. The second-order valence-corrected chi connectivity index (χ2v) is 11.5. The van der Waals surface area contributed by atoms with Crippen LogP contribution in [-0.4, -0.2) is 57.9 Å². The highest BCUT2D eigenvalue weighted by molar-refractivity contribution is 7.92. The smallest absolute Gasteiger partial charge is 0.258 e. The Morgan fingerprint density at radius 3 is 2.76 bits per heavy atom. The first-order chi connectivity index (χ1) is 18.1. The monoisotopic (exact) mass is 557 g/mol. The number of carbonyl (C=O) groups is 1. The van der Waals surface area contributed by atoms with Crippen molar-refractivity contribution in [1.82, 2.24) is 24.8 Å². The van der Waals surface area contributed by atoms with Gasteiger partial charge < -0.3 is 10.2 Å². The fourth-order valence-corrected chi connectivity index (χ4v) is 5.25. The predicted molar refractivity (Wildman–Crippen MR) is 142 cm³/mol. The van der Waals surface area contributed by atoms with Gasteiger partial charge in [-0.1, -0.05) is 18.2 Å². The lowest BCUT2D eigenvalue weighted by atomic mass is 10.00. The third-order valence-electron chi connectivity index (χ3n) is 6.45. The normalized spacial score (nSPS) is 17.8. The van der Waals surface area contributed by atoms with E-state index in [1.165, 1.54) is 24.4 Å². The first-order valence-corrected chi connectivity index (χ1v) is 14.1. The van der Waals surface area contributed by atoms with Crippen LogP contribution in [0.3, 0.4) is 0 Å². The summed E-state index contributed by atoms with van der Waals surface area (Å²) in [6.45, 7) is 5.93. The van der Waals surface area contributed by atoms with Crippen LogP contribution in [0.25, 0.3) is 0 Å². The summed E-state index contributed by atoms with van der Waals surface area (Å²) < 4.78 is 39.1. The van der Waals surface area contributed by atoms with Gasteiger partial charge in [-0.25, -0.2) is 27.8 Å². The Morgan fingerprint density at radius 2 is 2.03 bits per heavy atom. The third kappa shape index (κ3) is 5.77. The number of piperidine rings is 1. The van der Waals surface area contributed by atoms with Crippen LogP contribution in [0.2, 0.25) is 5.02 Å². The molecule has 2 aromatic heterocycles. The quantitative estimate of drug-likeness (QED) is 0.468. The lowest BCUT2D eigenvalue weighted by Crippen LogP contribution is -2.43. The van der Waals surface area contributed by atoms with Gasteiger partial charge >= 0.3 is 0 Å². The summed E-state index contributed by atoms with van der Waals surface area (Å²) in [5.74, 6) is -0.314. The van der Waals surface area contributed by atoms with E-state index in [4.69, 9.17) is 11.6 Å². The van der Waals surface area contributed by atoms with Crippen LogP contribution in [0.1, 0.15) is 34.5 Å². The molecular formula is C25H25ClFN7O3S. The number of halogens is 2. The summed E-state index contributed by atoms with van der Waals surface area (Å²) >= 11 is 5.75. The first kappa shape index (κ1) is 26.0. The maximum absolute atomic E-state index is 13.8. The fourth-order valence-electron chi connectivity index (χ4n) is 4.64. The molecule has 1 saturated heterocycles. The number of pyridine rings is 1. The van der Waals surface area contributed by atoms with Crippen LogP contribution < -0.4 is 10.0 Å². The SMILES string of the molecule is C=C1C[C@H](N2Cc3cnc(Nc4ccc(Cl)c(F)c4)nc3C2)CCN1C(=O)c1ccnc(NS(C)(=O)=O)c1. The Labute approximate surface area is 224 Å². The maximum Gasteiger partial charge on any atom is 0.258 e. The molecule has 1 amide bonds. The number of rotatable bonds is 6. The molecule has 0 radical (unpaired) electrons. The topological polar surface area (TPSA) is 120 Å². The average Bonchev–Trinajstić information content (AvgIpc) is 3.28. The molecule has 1 aromatic carbocycles. The number of benzene rings is 1. The van der Waals surface area contributed by atoms with Crippen LogP contribution in [0.4, 0.5) is 21.8 Å². The maximum atomic E-state index is 13.8. The van der Waals surface area contributed by atoms with Crippen molar-refractivity contribution < 1.29 is 17.6 Å². The molecule has 1 fully saturated rings. The van der Waals surface area contributed by atoms with Crippen LogP contribution in [-0.2, 0) is 23.1 Å². The molecule has 1 atom stereocenters. The largest absolute Gasteiger partial charge is 0.324 e. The summed E-state index contributed by atoms with van der Waals surface area (Å²) in [4.78, 5) is 30.0. The molecule has 198 valence electrons. The molecule has 10 nitrogen and oxygen atoms in total. The van der Waals surface area contributed by atoms with Gasteiger partial charge in [-0.15, -0.1) is 0 Å². The van der Waals surface area contributed by atoms with Crippen molar-refractivity contribution in [3.8, 4) is 0 Å². The fraction of sp³-hybridized carbons (Fsp3) is 0.280. The van der Waals surface area contributed by atoms with Crippen molar-refractivity contribution in [2.45, 2.75) is 32.0 Å². The van der Waals surface area contributed by atoms with Crippen molar-refractivity contribution in [3.05, 3.63) is 82.7 Å². The molecule has 0 unspecified atom stereocenters. The minimum atomic E-state index is -3.51. The Balaban J connectivity index is 1.21. The van der Waals surface area contributed by atoms with E-state index in [2.05, 4.69) is 36.5 Å². The number of anilines is 3. The van der Waals surface area contributed by atoms with Gasteiger partial charge in [0.1, 0.15) is 11.6 Å². The van der Waals surface area contributed by atoms with E-state index in [9.17, 15) is 17.6 Å². The van der Waals surface area contributed by atoms with E-state index >= 15 is 0 Å². The van der Waals surface area contributed by atoms with Gasteiger partial charge in [-0.2, -0.15) is 0 Å². The van der Waals surface area contributed by atoms with Crippen molar-refractivity contribution in [1.29, 1.82) is 0 Å². The minimum Gasteiger partial charge on any atom is -0.324 e. The number of hydrogen-bond donors (Lipinski definition) is 2. The van der Waals surface area contributed by atoms with Crippen molar-refractivity contribution >= 4 is 45.0 Å². The second kappa shape index (κ2) is 10.3. The summed E-state index contributed by atoms with van der Waals surface area (Å²) in [6.07, 6.45) is 5.53. The van der Waals surface area contributed by atoms with Crippen LogP contribution in [0.5, 0.6) is 0 Å². The summed E-state index contributed by atoms with van der Waals surface area (Å²) in [6, 6.07) is 7.56. The Kier molecular flexibility index (Phi) is 7.03. The Morgan fingerprint density at radius 1 is 1.21 bits per heavy atom. The van der Waals surface area contributed by atoms with Gasteiger partial charge in [0.2, 0.25) is 16.0 Å². The van der Waals surface area contributed by atoms with E-state index in [0.717, 1.165) is 23.9 Å². The zero-order chi connectivity index (χ0) is 27.0. The van der Waals surface area contributed by atoms with E-state index in [1.807, 2.05) is 0 Å². The van der Waals surface area contributed by atoms with E-state index in [0.29, 0.717) is 49.0 Å². The first-order valence-electron chi connectivity index (χ1n) is 11.8. The summed E-state index contributed by atoms with van der Waals surface area (Å²) in [7, 11) is -3.51. The van der Waals surface area contributed by atoms with E-state index in [-0.39, 0.29) is 22.8 Å². The number of aromatic nitrogens is 3. The van der Waals surface area contributed by atoms with Gasteiger partial charge in [-0.3, -0.25) is 14.4 Å². The molecule has 2 aliphatic heterocycles. The lowest BCUT2D eigenvalue weighted by Gasteiger charge is -2.38. The van der Waals surface area contributed by atoms with Crippen molar-refractivity contribution in [3.63, 3.8) is 0 Å². The number of fused-ring (bicyclic) bond motifs is 1. The number of amides is 1. The molecule has 2 aliphatic rings. The highest BCUT2D eigenvalue weighted by atomic mass is 35.5. The zero-order valence-electron chi connectivity index (χ0n) is 20.5. The molecule has 5 rings (SSSR count). The molecule has 2 N–H and O–H groups in total. The molecule has 4 heterocycles. The number of hydrogen-bond acceptors (Lipinski definition) is 8. The highest BCUT2D eigenvalue weighted by Gasteiger charge is 2.33. The predicted octanol–water partition coefficient (Wildman–Crippen LogP) is 3.91. The Hall–Kier alpha value is -3.61. The van der Waals surface area contributed by atoms with Crippen LogP contribution >= 0.6 is 11.6 Å². The van der Waals surface area contributed by atoms with E-state index in [1.54, 1.807) is 23.2 Å². The minimum absolute atomic E-state index is 0.0462. The van der Waals surface area contributed by atoms with Crippen LogP contribution in [0.15, 0.2) is 55.0 Å². The molecule has 13 heteroatoms. The molecule has 0 bridgehead atoms. The van der Waals surface area contributed by atoms with Gasteiger partial charge in [-0.05, 0) is 36.8 Å². The van der Waals surface area contributed by atoms with Crippen molar-refractivity contribution in [2.24, 2.45) is 0 Å². The molecule has 0 saturated carbocycles. The molecular weight excluding hydrogens is 533 g/mol. The van der Waals surface area contributed by atoms with Gasteiger partial charge in [0.05, 0.1) is 17.0 Å². The standard InChI is InChI=1S/C25H25ClFN7O3S/c1-15-9-19(6-8-34(15)24(35)16-5-7-28-23(10-16)32-38(2,36)37)33-13-17-12-29-25(31-22(17)14-33)30-18-3-4-20(26)21(27)11-18/h3-5,7,10-12,19H,1,6,8-9,13-14H2,2H3,(H,28,32)(H,29,30,31)/t19-/m1/s1. The van der Waals surface area contributed by atoms with Gasteiger partial charge in [0, 0.05) is 67.0 Å². The second-order valence-electron chi connectivity index (χ2n) is 9.30. The van der Waals surface area contributed by atoms with E-state index < -0.39 is 15.8 Å². The summed E-state index contributed by atoms with van der Waals surface area (Å²) in [5.41, 5.74) is 3.43.